The number of carbonyl (C=O) groups excluding carboxylic acids is 2. The highest BCUT2D eigenvalue weighted by Crippen LogP contribution is 2.34. The van der Waals surface area contributed by atoms with E-state index in [2.05, 4.69) is 26.6 Å². The van der Waals surface area contributed by atoms with Crippen LogP contribution in [-0.2, 0) is 6.42 Å². The molecule has 0 spiro atoms. The number of hydrogen-bond acceptors (Lipinski definition) is 5. The fraction of sp³-hybridized carbons (Fsp3) is 0.208. The lowest BCUT2D eigenvalue weighted by Gasteiger charge is -2.13. The van der Waals surface area contributed by atoms with E-state index < -0.39 is 5.91 Å². The van der Waals surface area contributed by atoms with Crippen LogP contribution in [-0.4, -0.2) is 23.0 Å². The predicted molar refractivity (Wildman–Crippen MR) is 140 cm³/mol. The van der Waals surface area contributed by atoms with Crippen molar-refractivity contribution in [2.24, 2.45) is 5.73 Å². The second-order valence-electron chi connectivity index (χ2n) is 7.60. The number of thiocarbonyl (C=S) groups is 1. The van der Waals surface area contributed by atoms with Crippen LogP contribution in [0.15, 0.2) is 53.0 Å². The molecule has 6 nitrogen and oxygen atoms in total. The van der Waals surface area contributed by atoms with Crippen molar-refractivity contribution in [3.63, 3.8) is 0 Å². The topological polar surface area (TPSA) is 93.4 Å². The zero-order valence-corrected chi connectivity index (χ0v) is 21.6. The largest absolute Gasteiger partial charge is 0.490 e. The number of hydrogen-bond donors (Lipinski definition) is 3. The number of nitrogens with one attached hydrogen (secondary N) is 2. The number of benzene rings is 2. The van der Waals surface area contributed by atoms with Crippen LogP contribution in [0.25, 0.3) is 0 Å². The zero-order chi connectivity index (χ0) is 24.1. The van der Waals surface area contributed by atoms with E-state index in [1.165, 1.54) is 11.3 Å². The van der Waals surface area contributed by atoms with Gasteiger partial charge in [0.1, 0.15) is 10.8 Å². The first-order valence-corrected chi connectivity index (χ1v) is 12.2. The Bertz CT molecular complexity index is 1190. The minimum atomic E-state index is -0.552. The molecule has 33 heavy (non-hydrogen) atoms. The average Bonchev–Trinajstić information content (AvgIpc) is 3.04. The Morgan fingerprint density at radius 3 is 2.48 bits per heavy atom. The molecule has 0 atom stereocenters. The number of rotatable bonds is 7. The SMILES string of the molecule is Cc1c(Cc2ccccc2)sc(NC(=S)NC(=O)c2ccc(OC(C)C)c(Br)c2)c1C(N)=O. The van der Waals surface area contributed by atoms with Crippen molar-refractivity contribution in [2.75, 3.05) is 5.32 Å². The summed E-state index contributed by atoms with van der Waals surface area (Å²) in [5, 5.41) is 6.21. The molecule has 9 heteroatoms. The molecule has 1 aromatic heterocycles. The molecule has 2 amide bonds. The van der Waals surface area contributed by atoms with Crippen molar-refractivity contribution in [1.82, 2.24) is 5.32 Å². The van der Waals surface area contributed by atoms with Crippen LogP contribution in [0.2, 0.25) is 0 Å². The molecule has 0 unspecified atom stereocenters. The van der Waals surface area contributed by atoms with E-state index >= 15 is 0 Å². The third-order valence-corrected chi connectivity index (χ3v) is 6.74. The molecule has 1 heterocycles. The van der Waals surface area contributed by atoms with Gasteiger partial charge < -0.3 is 15.8 Å². The zero-order valence-electron chi connectivity index (χ0n) is 18.4. The maximum absolute atomic E-state index is 12.7. The Balaban J connectivity index is 1.74. The van der Waals surface area contributed by atoms with Gasteiger partial charge in [0, 0.05) is 16.9 Å². The highest BCUT2D eigenvalue weighted by molar-refractivity contribution is 9.10. The molecule has 2 aromatic carbocycles. The van der Waals surface area contributed by atoms with Gasteiger partial charge in [-0.15, -0.1) is 11.3 Å². The third kappa shape index (κ3) is 6.40. The Morgan fingerprint density at radius 1 is 1.18 bits per heavy atom. The summed E-state index contributed by atoms with van der Waals surface area (Å²) in [5.41, 5.74) is 8.34. The number of primary amides is 1. The van der Waals surface area contributed by atoms with Crippen LogP contribution in [0.3, 0.4) is 0 Å². The first kappa shape index (κ1) is 24.9. The number of anilines is 1. The van der Waals surface area contributed by atoms with E-state index in [0.717, 1.165) is 16.0 Å². The van der Waals surface area contributed by atoms with Gasteiger partial charge in [-0.1, -0.05) is 30.3 Å². The second-order valence-corrected chi connectivity index (χ2v) is 9.97. The summed E-state index contributed by atoms with van der Waals surface area (Å²) in [6.07, 6.45) is 0.676. The summed E-state index contributed by atoms with van der Waals surface area (Å²) in [6.45, 7) is 5.71. The van der Waals surface area contributed by atoms with Crippen molar-refractivity contribution in [3.05, 3.63) is 80.1 Å². The molecule has 0 bridgehead atoms. The number of nitrogens with two attached hydrogens (primary N) is 1. The van der Waals surface area contributed by atoms with Crippen molar-refractivity contribution >= 4 is 61.4 Å². The van der Waals surface area contributed by atoms with Crippen LogP contribution < -0.4 is 21.1 Å². The maximum Gasteiger partial charge on any atom is 0.257 e. The van der Waals surface area contributed by atoms with E-state index in [1.54, 1.807) is 18.2 Å². The van der Waals surface area contributed by atoms with Crippen LogP contribution in [0.5, 0.6) is 5.75 Å². The average molecular weight is 547 g/mol. The molecule has 0 aliphatic carbocycles. The Labute approximate surface area is 210 Å². The highest BCUT2D eigenvalue weighted by Gasteiger charge is 2.21. The lowest BCUT2D eigenvalue weighted by atomic mass is 10.1. The fourth-order valence-corrected chi connectivity index (χ4v) is 5.18. The van der Waals surface area contributed by atoms with Gasteiger partial charge in [0.05, 0.1) is 16.1 Å². The molecule has 0 saturated carbocycles. The molecule has 0 aliphatic rings. The highest BCUT2D eigenvalue weighted by atomic mass is 79.9. The lowest BCUT2D eigenvalue weighted by Crippen LogP contribution is -2.34. The van der Waals surface area contributed by atoms with Gasteiger partial charge in [0.25, 0.3) is 11.8 Å². The predicted octanol–water partition coefficient (Wildman–Crippen LogP) is 5.42. The molecule has 0 saturated heterocycles. The Hall–Kier alpha value is -2.75. The normalized spacial score (nSPS) is 10.7. The summed E-state index contributed by atoms with van der Waals surface area (Å²) in [6, 6.07) is 15.0. The minimum Gasteiger partial charge on any atom is -0.490 e. The van der Waals surface area contributed by atoms with Crippen LogP contribution in [0.4, 0.5) is 5.00 Å². The maximum atomic E-state index is 12.7. The molecular formula is C24H24BrN3O3S2. The molecule has 3 rings (SSSR count). The van der Waals surface area contributed by atoms with E-state index in [0.29, 0.717) is 32.8 Å². The number of thiophene rings is 1. The van der Waals surface area contributed by atoms with E-state index in [-0.39, 0.29) is 17.1 Å². The number of carbonyl (C=O) groups is 2. The monoisotopic (exact) mass is 545 g/mol. The summed E-state index contributed by atoms with van der Waals surface area (Å²) in [4.78, 5) is 25.8. The van der Waals surface area contributed by atoms with Gasteiger partial charge >= 0.3 is 0 Å². The van der Waals surface area contributed by atoms with Gasteiger partial charge in [-0.05, 0) is 78.2 Å². The van der Waals surface area contributed by atoms with Gasteiger partial charge in [-0.25, -0.2) is 0 Å². The molecule has 3 aromatic rings. The Kier molecular flexibility index (Phi) is 8.23. The number of amides is 2. The molecular weight excluding hydrogens is 522 g/mol. The molecule has 172 valence electrons. The lowest BCUT2D eigenvalue weighted by molar-refractivity contribution is 0.0975. The molecule has 4 N–H and O–H groups in total. The van der Waals surface area contributed by atoms with Crippen LogP contribution >= 0.6 is 39.5 Å². The van der Waals surface area contributed by atoms with Gasteiger partial charge in [-0.2, -0.15) is 0 Å². The number of ether oxygens (including phenoxy) is 1. The quantitative estimate of drug-likeness (QED) is 0.344. The van der Waals surface area contributed by atoms with Gasteiger partial charge in [-0.3, -0.25) is 14.9 Å². The van der Waals surface area contributed by atoms with Crippen molar-refractivity contribution in [1.29, 1.82) is 0 Å². The van der Waals surface area contributed by atoms with Crippen molar-refractivity contribution < 1.29 is 14.3 Å². The van der Waals surface area contributed by atoms with Gasteiger partial charge in [0.2, 0.25) is 0 Å². The smallest absolute Gasteiger partial charge is 0.257 e. The first-order chi connectivity index (χ1) is 15.7. The molecule has 0 aliphatic heterocycles. The van der Waals surface area contributed by atoms with Crippen LogP contribution in [0.1, 0.15) is 50.6 Å². The molecule has 0 radical (unpaired) electrons. The number of halogens is 1. The van der Waals surface area contributed by atoms with E-state index in [1.807, 2.05) is 51.1 Å². The second kappa shape index (κ2) is 10.9. The van der Waals surface area contributed by atoms with Crippen LogP contribution in [0, 0.1) is 6.92 Å². The van der Waals surface area contributed by atoms with Crippen molar-refractivity contribution in [2.45, 2.75) is 33.3 Å². The standard InChI is InChI=1S/C24H24BrN3O3S2/c1-13(2)31-18-10-9-16(12-17(18)25)22(30)27-24(32)28-23-20(21(26)29)14(3)19(33-23)11-15-7-5-4-6-8-15/h4-10,12-13H,11H2,1-3H3,(H2,26,29)(H2,27,28,30,32). The van der Waals surface area contributed by atoms with Crippen molar-refractivity contribution in [3.8, 4) is 5.75 Å². The summed E-state index contributed by atoms with van der Waals surface area (Å²) < 4.78 is 6.34. The van der Waals surface area contributed by atoms with E-state index in [9.17, 15) is 9.59 Å². The summed E-state index contributed by atoms with van der Waals surface area (Å²) >= 11 is 10.2. The Morgan fingerprint density at radius 2 is 1.88 bits per heavy atom. The third-order valence-electron chi connectivity index (χ3n) is 4.71. The van der Waals surface area contributed by atoms with Gasteiger partial charge in [0.15, 0.2) is 5.11 Å². The minimum absolute atomic E-state index is 0.0123. The molecule has 0 fully saturated rings. The van der Waals surface area contributed by atoms with E-state index in [4.69, 9.17) is 22.7 Å². The first-order valence-electron chi connectivity index (χ1n) is 10.2. The summed E-state index contributed by atoms with van der Waals surface area (Å²) in [5.74, 6) is -0.291. The fourth-order valence-electron chi connectivity index (χ4n) is 3.20. The summed E-state index contributed by atoms with van der Waals surface area (Å²) in [7, 11) is 0.